The first-order chi connectivity index (χ1) is 13.3. The molecular weight excluding hydrogens is 387 g/mol. The summed E-state index contributed by atoms with van der Waals surface area (Å²) in [6.07, 6.45) is 0.0544. The zero-order valence-electron chi connectivity index (χ0n) is 15.7. The van der Waals surface area contributed by atoms with Crippen molar-refractivity contribution in [3.8, 4) is 11.5 Å². The Hall–Kier alpha value is -2.80. The number of ether oxygens (including phenoxy) is 2. The molecule has 0 spiro atoms. The first-order valence-electron chi connectivity index (χ1n) is 8.63. The number of nitrogens with one attached hydrogen (secondary N) is 1. The van der Waals surface area contributed by atoms with Crippen LogP contribution in [0.25, 0.3) is 0 Å². The molecule has 1 heterocycles. The maximum Gasteiger partial charge on any atom is 0.229 e. The Morgan fingerprint density at radius 1 is 1.21 bits per heavy atom. The molecular formula is C20H20ClFN2O4. The number of methoxy groups -OCH3 is 2. The third kappa shape index (κ3) is 3.89. The standard InChI is InChI=1S/C20H20ClFN2O4/c1-11-6-13(22)4-5-15(11)23-20(26)12-7-19(25)24(10-12)16-8-14(21)17(27-2)9-18(16)28-3/h4-6,8-9,12H,7,10H2,1-3H3,(H,23,26)/t12-/m0/s1. The molecule has 28 heavy (non-hydrogen) atoms. The molecule has 1 atom stereocenters. The Morgan fingerprint density at radius 2 is 1.93 bits per heavy atom. The molecule has 0 radical (unpaired) electrons. The van der Waals surface area contributed by atoms with Crippen LogP contribution in [0.15, 0.2) is 30.3 Å². The first kappa shape index (κ1) is 19.9. The molecule has 6 nitrogen and oxygen atoms in total. The number of halogens is 2. The molecule has 148 valence electrons. The summed E-state index contributed by atoms with van der Waals surface area (Å²) in [6.45, 7) is 1.89. The summed E-state index contributed by atoms with van der Waals surface area (Å²) in [4.78, 5) is 26.7. The molecule has 2 aromatic carbocycles. The number of carbonyl (C=O) groups is 2. The highest BCUT2D eigenvalue weighted by atomic mass is 35.5. The van der Waals surface area contributed by atoms with Gasteiger partial charge in [-0.25, -0.2) is 4.39 Å². The fourth-order valence-electron chi connectivity index (χ4n) is 3.17. The molecule has 0 saturated carbocycles. The lowest BCUT2D eigenvalue weighted by atomic mass is 10.1. The minimum atomic E-state index is -0.553. The van der Waals surface area contributed by atoms with E-state index in [4.69, 9.17) is 21.1 Å². The van der Waals surface area contributed by atoms with E-state index in [0.29, 0.717) is 33.5 Å². The van der Waals surface area contributed by atoms with Crippen LogP contribution >= 0.6 is 11.6 Å². The number of hydrogen-bond donors (Lipinski definition) is 1. The molecule has 0 bridgehead atoms. The molecule has 8 heteroatoms. The predicted octanol–water partition coefficient (Wildman–Crippen LogP) is 3.80. The van der Waals surface area contributed by atoms with E-state index in [1.54, 1.807) is 19.1 Å². The number of amides is 2. The average Bonchev–Trinajstić information content (AvgIpc) is 3.05. The molecule has 3 rings (SSSR count). The van der Waals surface area contributed by atoms with Crippen molar-refractivity contribution in [3.05, 3.63) is 46.7 Å². The smallest absolute Gasteiger partial charge is 0.229 e. The van der Waals surface area contributed by atoms with Crippen LogP contribution in [0.5, 0.6) is 11.5 Å². The van der Waals surface area contributed by atoms with E-state index in [1.165, 1.54) is 37.3 Å². The van der Waals surface area contributed by atoms with Crippen molar-refractivity contribution in [2.24, 2.45) is 5.92 Å². The van der Waals surface area contributed by atoms with Crippen LogP contribution in [0, 0.1) is 18.7 Å². The number of carbonyl (C=O) groups excluding carboxylic acids is 2. The lowest BCUT2D eigenvalue weighted by Gasteiger charge is -2.21. The van der Waals surface area contributed by atoms with Gasteiger partial charge in [-0.15, -0.1) is 0 Å². The molecule has 1 saturated heterocycles. The Kier molecular flexibility index (Phi) is 5.74. The van der Waals surface area contributed by atoms with Gasteiger partial charge in [0.15, 0.2) is 0 Å². The minimum absolute atomic E-state index is 0.0544. The topological polar surface area (TPSA) is 67.9 Å². The molecule has 2 amide bonds. The van der Waals surface area contributed by atoms with Crippen molar-refractivity contribution in [1.82, 2.24) is 0 Å². The second kappa shape index (κ2) is 8.06. The van der Waals surface area contributed by atoms with Crippen molar-refractivity contribution in [2.75, 3.05) is 31.0 Å². The minimum Gasteiger partial charge on any atom is -0.495 e. The van der Waals surface area contributed by atoms with Crippen LogP contribution in [0.1, 0.15) is 12.0 Å². The summed E-state index contributed by atoms with van der Waals surface area (Å²) < 4.78 is 23.8. The summed E-state index contributed by atoms with van der Waals surface area (Å²) in [5, 5.41) is 3.10. The van der Waals surface area contributed by atoms with Gasteiger partial charge in [-0.05, 0) is 36.8 Å². The largest absolute Gasteiger partial charge is 0.495 e. The number of aryl methyl sites for hydroxylation is 1. The zero-order valence-corrected chi connectivity index (χ0v) is 16.5. The van der Waals surface area contributed by atoms with Crippen LogP contribution in [-0.4, -0.2) is 32.6 Å². The van der Waals surface area contributed by atoms with E-state index in [9.17, 15) is 14.0 Å². The maximum absolute atomic E-state index is 13.2. The van der Waals surface area contributed by atoms with Gasteiger partial charge in [0.2, 0.25) is 11.8 Å². The number of hydrogen-bond acceptors (Lipinski definition) is 4. The van der Waals surface area contributed by atoms with Gasteiger partial charge in [-0.3, -0.25) is 9.59 Å². The van der Waals surface area contributed by atoms with E-state index in [0.717, 1.165) is 0 Å². The van der Waals surface area contributed by atoms with Gasteiger partial charge in [0.05, 0.1) is 30.8 Å². The third-order valence-corrected chi connectivity index (χ3v) is 4.98. The summed E-state index contributed by atoms with van der Waals surface area (Å²) >= 11 is 6.19. The van der Waals surface area contributed by atoms with E-state index >= 15 is 0 Å². The third-order valence-electron chi connectivity index (χ3n) is 4.69. The van der Waals surface area contributed by atoms with Crippen molar-refractivity contribution in [1.29, 1.82) is 0 Å². The number of rotatable bonds is 5. The van der Waals surface area contributed by atoms with Gasteiger partial charge in [-0.1, -0.05) is 11.6 Å². The highest BCUT2D eigenvalue weighted by Gasteiger charge is 2.36. The van der Waals surface area contributed by atoms with Gasteiger partial charge in [-0.2, -0.15) is 0 Å². The predicted molar refractivity (Wildman–Crippen MR) is 105 cm³/mol. The van der Waals surface area contributed by atoms with Gasteiger partial charge in [0.1, 0.15) is 17.3 Å². The number of benzene rings is 2. The molecule has 1 aliphatic rings. The Bertz CT molecular complexity index is 935. The lowest BCUT2D eigenvalue weighted by Crippen LogP contribution is -2.28. The van der Waals surface area contributed by atoms with Gasteiger partial charge >= 0.3 is 0 Å². The van der Waals surface area contributed by atoms with E-state index in [2.05, 4.69) is 5.32 Å². The molecule has 1 fully saturated rings. The average molecular weight is 407 g/mol. The lowest BCUT2D eigenvalue weighted by molar-refractivity contribution is -0.122. The SMILES string of the molecule is COc1cc(OC)c(N2C[C@@H](C(=O)Nc3ccc(F)cc3C)CC2=O)cc1Cl. The second-order valence-electron chi connectivity index (χ2n) is 6.51. The van der Waals surface area contributed by atoms with Crippen LogP contribution in [-0.2, 0) is 9.59 Å². The summed E-state index contributed by atoms with van der Waals surface area (Å²) in [7, 11) is 2.97. The zero-order chi connectivity index (χ0) is 20.4. The summed E-state index contributed by atoms with van der Waals surface area (Å²) in [6, 6.07) is 7.30. The Morgan fingerprint density at radius 3 is 2.57 bits per heavy atom. The van der Waals surface area contributed by atoms with Crippen LogP contribution in [0.2, 0.25) is 5.02 Å². The van der Waals surface area contributed by atoms with Gasteiger partial charge in [0.25, 0.3) is 0 Å². The van der Waals surface area contributed by atoms with Crippen molar-refractivity contribution < 1.29 is 23.5 Å². The van der Waals surface area contributed by atoms with Gasteiger partial charge in [0, 0.05) is 24.7 Å². The normalized spacial score (nSPS) is 16.2. The Balaban J connectivity index is 1.80. The Labute approximate surface area is 167 Å². The molecule has 0 unspecified atom stereocenters. The van der Waals surface area contributed by atoms with E-state index < -0.39 is 5.92 Å². The maximum atomic E-state index is 13.2. The van der Waals surface area contributed by atoms with Crippen LogP contribution < -0.4 is 19.7 Å². The van der Waals surface area contributed by atoms with Crippen LogP contribution in [0.4, 0.5) is 15.8 Å². The molecule has 2 aromatic rings. The van der Waals surface area contributed by atoms with E-state index in [1.807, 2.05) is 0 Å². The summed E-state index contributed by atoms with van der Waals surface area (Å²) in [5.41, 5.74) is 1.60. The molecule has 1 N–H and O–H groups in total. The molecule has 0 aromatic heterocycles. The van der Waals surface area contributed by atoms with Crippen molar-refractivity contribution in [3.63, 3.8) is 0 Å². The highest BCUT2D eigenvalue weighted by molar-refractivity contribution is 6.32. The fourth-order valence-corrected chi connectivity index (χ4v) is 3.41. The van der Waals surface area contributed by atoms with E-state index in [-0.39, 0.29) is 30.6 Å². The highest BCUT2D eigenvalue weighted by Crippen LogP contribution is 2.40. The van der Waals surface area contributed by atoms with Crippen LogP contribution in [0.3, 0.4) is 0 Å². The first-order valence-corrected chi connectivity index (χ1v) is 9.00. The van der Waals surface area contributed by atoms with Crippen molar-refractivity contribution in [2.45, 2.75) is 13.3 Å². The molecule has 0 aliphatic carbocycles. The quantitative estimate of drug-likeness (QED) is 0.820. The monoisotopic (exact) mass is 406 g/mol. The second-order valence-corrected chi connectivity index (χ2v) is 6.92. The van der Waals surface area contributed by atoms with Gasteiger partial charge < -0.3 is 19.7 Å². The van der Waals surface area contributed by atoms with Crippen molar-refractivity contribution >= 4 is 34.8 Å². The number of anilines is 2. The fraction of sp³-hybridized carbons (Fsp3) is 0.300. The molecule has 1 aliphatic heterocycles. The summed E-state index contributed by atoms with van der Waals surface area (Å²) in [5.74, 6) is -0.594. The number of nitrogens with zero attached hydrogens (tertiary/aromatic N) is 1.